The van der Waals surface area contributed by atoms with Crippen molar-refractivity contribution in [3.8, 4) is 0 Å². The lowest BCUT2D eigenvalue weighted by Crippen LogP contribution is -2.32. The van der Waals surface area contributed by atoms with Gasteiger partial charge < -0.3 is 10.6 Å². The third-order valence-electron chi connectivity index (χ3n) is 3.46. The maximum atomic E-state index is 12.4. The summed E-state index contributed by atoms with van der Waals surface area (Å²) in [5, 5.41) is 6.10. The lowest BCUT2D eigenvalue weighted by atomic mass is 10.0. The van der Waals surface area contributed by atoms with Crippen LogP contribution in [0.2, 0.25) is 0 Å². The number of amides is 1. The maximum Gasteiger partial charge on any atom is 0.251 e. The zero-order valence-corrected chi connectivity index (χ0v) is 14.0. The Hall–Kier alpha value is -1.58. The molecule has 2 N–H and O–H groups in total. The van der Waals surface area contributed by atoms with Crippen molar-refractivity contribution in [3.63, 3.8) is 0 Å². The largest absolute Gasteiger partial charge is 0.373 e. The number of carbonyl (C=O) groups is 1. The van der Waals surface area contributed by atoms with E-state index in [1.807, 2.05) is 19.2 Å². The molecule has 0 aliphatic heterocycles. The molecule has 1 unspecified atom stereocenters. The first-order chi connectivity index (χ1) is 9.96. The number of carbonyl (C=O) groups excluding carboxylic acids is 1. The topological polar surface area (TPSA) is 54.0 Å². The lowest BCUT2D eigenvalue weighted by Gasteiger charge is -2.16. The first-order valence-corrected chi connectivity index (χ1v) is 7.95. The maximum absolute atomic E-state index is 12.4. The first-order valence-electron chi connectivity index (χ1n) is 7.95. The molecule has 118 valence electrons. The third-order valence-corrected chi connectivity index (χ3v) is 3.46. The number of hydrogen-bond acceptors (Lipinski definition) is 3. The zero-order valence-electron chi connectivity index (χ0n) is 14.0. The van der Waals surface area contributed by atoms with Gasteiger partial charge in [0.05, 0.1) is 0 Å². The fourth-order valence-electron chi connectivity index (χ4n) is 2.19. The summed E-state index contributed by atoms with van der Waals surface area (Å²) in [6, 6.07) is 3.90. The first kappa shape index (κ1) is 17.5. The van der Waals surface area contributed by atoms with E-state index in [9.17, 15) is 4.79 Å². The van der Waals surface area contributed by atoms with Gasteiger partial charge in [0.2, 0.25) is 0 Å². The van der Waals surface area contributed by atoms with Crippen LogP contribution in [0, 0.1) is 5.92 Å². The highest BCUT2D eigenvalue weighted by Gasteiger charge is 2.12. The van der Waals surface area contributed by atoms with Crippen LogP contribution in [0.25, 0.3) is 0 Å². The van der Waals surface area contributed by atoms with Crippen LogP contribution in [-0.4, -0.2) is 24.0 Å². The van der Waals surface area contributed by atoms with Crippen LogP contribution in [0.4, 0.5) is 5.82 Å². The SMILES string of the molecule is CCCc1cc(C(=O)NC(C)CCC(C)C)cc(NC)n1. The third kappa shape index (κ3) is 6.15. The van der Waals surface area contributed by atoms with Crippen molar-refractivity contribution >= 4 is 11.7 Å². The summed E-state index contributed by atoms with van der Waals surface area (Å²) in [4.78, 5) is 16.8. The minimum absolute atomic E-state index is 0.0116. The number of nitrogens with zero attached hydrogens (tertiary/aromatic N) is 1. The Morgan fingerprint density at radius 1 is 1.24 bits per heavy atom. The van der Waals surface area contributed by atoms with Crippen LogP contribution in [0.1, 0.15) is 63.0 Å². The molecule has 4 nitrogen and oxygen atoms in total. The van der Waals surface area contributed by atoms with Crippen LogP contribution < -0.4 is 10.6 Å². The van der Waals surface area contributed by atoms with Crippen LogP contribution in [0.15, 0.2) is 12.1 Å². The normalized spacial score (nSPS) is 12.3. The number of anilines is 1. The Labute approximate surface area is 128 Å². The Morgan fingerprint density at radius 2 is 1.95 bits per heavy atom. The summed E-state index contributed by atoms with van der Waals surface area (Å²) in [5.41, 5.74) is 1.65. The summed E-state index contributed by atoms with van der Waals surface area (Å²) >= 11 is 0. The Morgan fingerprint density at radius 3 is 2.52 bits per heavy atom. The molecule has 0 radical (unpaired) electrons. The smallest absolute Gasteiger partial charge is 0.251 e. The van der Waals surface area contributed by atoms with Gasteiger partial charge in [-0.1, -0.05) is 27.2 Å². The van der Waals surface area contributed by atoms with Crippen molar-refractivity contribution in [2.24, 2.45) is 5.92 Å². The summed E-state index contributed by atoms with van der Waals surface area (Å²) in [6.07, 6.45) is 4.04. The number of rotatable bonds is 8. The van der Waals surface area contributed by atoms with Crippen LogP contribution in [0.5, 0.6) is 0 Å². The minimum Gasteiger partial charge on any atom is -0.373 e. The molecule has 21 heavy (non-hydrogen) atoms. The number of aromatic nitrogens is 1. The Bertz CT molecular complexity index is 457. The Kier molecular flexibility index (Phi) is 7.20. The molecular weight excluding hydrogens is 262 g/mol. The average Bonchev–Trinajstić information content (AvgIpc) is 2.45. The molecule has 0 bridgehead atoms. The fourth-order valence-corrected chi connectivity index (χ4v) is 2.19. The number of hydrogen-bond donors (Lipinski definition) is 2. The van der Waals surface area contributed by atoms with Crippen molar-refractivity contribution < 1.29 is 4.79 Å². The fraction of sp³-hybridized carbons (Fsp3) is 0.647. The molecule has 1 amide bonds. The predicted molar refractivity (Wildman–Crippen MR) is 88.8 cm³/mol. The van der Waals surface area contributed by atoms with E-state index in [1.54, 1.807) is 0 Å². The minimum atomic E-state index is -0.0116. The molecule has 0 saturated carbocycles. The summed E-state index contributed by atoms with van der Waals surface area (Å²) in [6.45, 7) is 8.58. The molecule has 0 spiro atoms. The van der Waals surface area contributed by atoms with E-state index in [1.165, 1.54) is 0 Å². The van der Waals surface area contributed by atoms with Crippen molar-refractivity contribution in [2.75, 3.05) is 12.4 Å². The second-order valence-electron chi connectivity index (χ2n) is 6.08. The van der Waals surface area contributed by atoms with Gasteiger partial charge in [0.25, 0.3) is 5.91 Å². The summed E-state index contributed by atoms with van der Waals surface area (Å²) in [7, 11) is 1.82. The zero-order chi connectivity index (χ0) is 15.8. The standard InChI is InChI=1S/C17H29N3O/c1-6-7-15-10-14(11-16(18-5)20-15)17(21)19-13(4)9-8-12(2)3/h10-13H,6-9H2,1-5H3,(H,18,20)(H,19,21). The summed E-state index contributed by atoms with van der Waals surface area (Å²) < 4.78 is 0. The van der Waals surface area contributed by atoms with E-state index in [0.29, 0.717) is 11.5 Å². The van der Waals surface area contributed by atoms with Crippen molar-refractivity contribution in [2.45, 2.75) is 59.4 Å². The van der Waals surface area contributed by atoms with Crippen LogP contribution >= 0.6 is 0 Å². The monoisotopic (exact) mass is 291 g/mol. The van der Waals surface area contributed by atoms with Gasteiger partial charge in [-0.15, -0.1) is 0 Å². The molecule has 0 fully saturated rings. The predicted octanol–water partition coefficient (Wildman–Crippen LogP) is 3.63. The van der Waals surface area contributed by atoms with Gasteiger partial charge in [0, 0.05) is 24.3 Å². The van der Waals surface area contributed by atoms with E-state index in [2.05, 4.69) is 43.3 Å². The highest BCUT2D eigenvalue weighted by atomic mass is 16.1. The van der Waals surface area contributed by atoms with Gasteiger partial charge in [0.15, 0.2) is 0 Å². The second kappa shape index (κ2) is 8.65. The van der Waals surface area contributed by atoms with Gasteiger partial charge in [-0.3, -0.25) is 4.79 Å². The van der Waals surface area contributed by atoms with Crippen LogP contribution in [0.3, 0.4) is 0 Å². The Balaban J connectivity index is 2.74. The molecule has 1 rings (SSSR count). The van der Waals surface area contributed by atoms with Crippen molar-refractivity contribution in [3.05, 3.63) is 23.4 Å². The summed E-state index contributed by atoms with van der Waals surface area (Å²) in [5.74, 6) is 1.40. The van der Waals surface area contributed by atoms with E-state index in [-0.39, 0.29) is 11.9 Å². The second-order valence-corrected chi connectivity index (χ2v) is 6.08. The van der Waals surface area contributed by atoms with Gasteiger partial charge in [0.1, 0.15) is 5.82 Å². The number of aryl methyl sites for hydroxylation is 1. The van der Waals surface area contributed by atoms with Gasteiger partial charge in [-0.05, 0) is 44.2 Å². The van der Waals surface area contributed by atoms with E-state index in [4.69, 9.17) is 0 Å². The van der Waals surface area contributed by atoms with Gasteiger partial charge in [-0.25, -0.2) is 4.98 Å². The van der Waals surface area contributed by atoms with Crippen molar-refractivity contribution in [1.29, 1.82) is 0 Å². The molecule has 0 aliphatic carbocycles. The highest BCUT2D eigenvalue weighted by molar-refractivity contribution is 5.95. The van der Waals surface area contributed by atoms with Crippen molar-refractivity contribution in [1.82, 2.24) is 10.3 Å². The van der Waals surface area contributed by atoms with E-state index in [0.717, 1.165) is 37.2 Å². The molecule has 0 saturated heterocycles. The average molecular weight is 291 g/mol. The van der Waals surface area contributed by atoms with E-state index < -0.39 is 0 Å². The highest BCUT2D eigenvalue weighted by Crippen LogP contribution is 2.13. The number of pyridine rings is 1. The molecule has 1 aromatic heterocycles. The van der Waals surface area contributed by atoms with Crippen LogP contribution in [-0.2, 0) is 6.42 Å². The van der Waals surface area contributed by atoms with E-state index >= 15 is 0 Å². The van der Waals surface area contributed by atoms with Gasteiger partial charge in [-0.2, -0.15) is 0 Å². The molecular formula is C17H29N3O. The molecule has 4 heteroatoms. The molecule has 1 heterocycles. The van der Waals surface area contributed by atoms with Gasteiger partial charge >= 0.3 is 0 Å². The molecule has 1 aromatic rings. The molecule has 0 aliphatic rings. The quantitative estimate of drug-likeness (QED) is 0.769. The molecule has 0 aromatic carbocycles. The molecule has 1 atom stereocenters. The lowest BCUT2D eigenvalue weighted by molar-refractivity contribution is 0.0937. The number of nitrogens with one attached hydrogen (secondary N) is 2.